The van der Waals surface area contributed by atoms with Gasteiger partial charge in [0.05, 0.1) is 24.3 Å². The highest BCUT2D eigenvalue weighted by Gasteiger charge is 2.67. The summed E-state index contributed by atoms with van der Waals surface area (Å²) in [4.78, 5) is 45.0. The fourth-order valence-electron chi connectivity index (χ4n) is 7.70. The Kier molecular flexibility index (Phi) is 10.1. The molecule has 4 heterocycles. The summed E-state index contributed by atoms with van der Waals surface area (Å²) in [7, 11) is -2.51. The molecule has 4 aliphatic rings. The van der Waals surface area contributed by atoms with Crippen LogP contribution in [0.5, 0.6) is 5.75 Å². The Morgan fingerprint density at radius 3 is 2.55 bits per heavy atom. The van der Waals surface area contributed by atoms with Crippen LogP contribution in [0.15, 0.2) is 22.6 Å². The van der Waals surface area contributed by atoms with Gasteiger partial charge in [0, 0.05) is 24.9 Å². The minimum atomic E-state index is -4.12. The van der Waals surface area contributed by atoms with Crippen LogP contribution in [0.25, 0.3) is 11.4 Å². The predicted octanol–water partition coefficient (Wildman–Crippen LogP) is 3.05. The quantitative estimate of drug-likeness (QED) is 0.314. The van der Waals surface area contributed by atoms with E-state index in [1.807, 2.05) is 43.7 Å². The number of ether oxygens (including phenoxy) is 1. The predicted molar refractivity (Wildman–Crippen MR) is 196 cm³/mol. The summed E-state index contributed by atoms with van der Waals surface area (Å²) in [6.45, 7) is 9.56. The van der Waals surface area contributed by atoms with Crippen molar-refractivity contribution in [2.45, 2.75) is 121 Å². The SMILES string of the molecule is COc1ccc2cc1CCCC(C)(C)Cc1nnc(o1)N[C@@H](C(C)(C)C)C(=O)N1C[C@@H](C[C@H]1C(=O)N[C@]1(C(=O)NS(=O)(=O)C3CC3)C[C@H]1C(F)F)n1nnc-2n1. The van der Waals surface area contributed by atoms with Gasteiger partial charge in [0.2, 0.25) is 40.0 Å². The number of fused-ring (bicyclic) bond motifs is 10. The topological polar surface area (TPSA) is 216 Å². The van der Waals surface area contributed by atoms with Crippen molar-refractivity contribution < 1.29 is 40.7 Å². The number of halogens is 2. The van der Waals surface area contributed by atoms with E-state index in [9.17, 15) is 31.6 Å². The number of tetrazole rings is 1. The third kappa shape index (κ3) is 7.93. The van der Waals surface area contributed by atoms with Crippen molar-refractivity contribution in [3.05, 3.63) is 29.7 Å². The van der Waals surface area contributed by atoms with Gasteiger partial charge in [0.15, 0.2) is 0 Å². The molecule has 2 aliphatic carbocycles. The molecule has 0 spiro atoms. The molecule has 1 aromatic carbocycles. The summed E-state index contributed by atoms with van der Waals surface area (Å²) in [6.07, 6.45) is -0.0951. The highest BCUT2D eigenvalue weighted by atomic mass is 32.2. The number of hydrogen-bond donors (Lipinski definition) is 3. The first-order valence-corrected chi connectivity index (χ1v) is 20.4. The highest BCUT2D eigenvalue weighted by molar-refractivity contribution is 7.91. The Labute approximate surface area is 323 Å². The summed E-state index contributed by atoms with van der Waals surface area (Å²) in [5, 5.41) is 26.4. The van der Waals surface area contributed by atoms with Gasteiger partial charge in [0.25, 0.3) is 5.91 Å². The maximum absolute atomic E-state index is 14.7. The van der Waals surface area contributed by atoms with Gasteiger partial charge >= 0.3 is 6.01 Å². The average molecular weight is 803 g/mol. The van der Waals surface area contributed by atoms with Crippen molar-refractivity contribution in [1.29, 1.82) is 0 Å². The second kappa shape index (κ2) is 14.3. The van der Waals surface area contributed by atoms with Crippen LogP contribution in [-0.4, -0.2) is 104 Å². The average Bonchev–Trinajstić information content (AvgIpc) is 3.93. The monoisotopic (exact) mass is 802 g/mol. The lowest BCUT2D eigenvalue weighted by molar-refractivity contribution is -0.141. The minimum absolute atomic E-state index is 0.00427. The lowest BCUT2D eigenvalue weighted by Gasteiger charge is -2.35. The van der Waals surface area contributed by atoms with Gasteiger partial charge in [-0.2, -0.15) is 4.80 Å². The van der Waals surface area contributed by atoms with E-state index >= 15 is 0 Å². The molecule has 56 heavy (non-hydrogen) atoms. The summed E-state index contributed by atoms with van der Waals surface area (Å²) in [5.41, 5.74) is -1.59. The van der Waals surface area contributed by atoms with Crippen LogP contribution >= 0.6 is 0 Å². The van der Waals surface area contributed by atoms with E-state index in [0.717, 1.165) is 18.4 Å². The zero-order valence-corrected chi connectivity index (χ0v) is 33.0. The number of benzene rings is 1. The number of aromatic nitrogens is 6. The number of sulfonamides is 1. The van der Waals surface area contributed by atoms with E-state index in [4.69, 9.17) is 9.15 Å². The number of aryl methyl sites for hydroxylation is 1. The highest BCUT2D eigenvalue weighted by Crippen LogP contribution is 2.49. The summed E-state index contributed by atoms with van der Waals surface area (Å²) in [6, 6.07) is 2.56. The molecule has 17 nitrogen and oxygen atoms in total. The molecule has 3 amide bonds. The number of rotatable bonds is 7. The molecule has 2 saturated carbocycles. The summed E-state index contributed by atoms with van der Waals surface area (Å²) < 4.78 is 67.2. The van der Waals surface area contributed by atoms with Gasteiger partial charge in [0.1, 0.15) is 23.4 Å². The fraction of sp³-hybridized carbons (Fsp3) is 0.667. The van der Waals surface area contributed by atoms with E-state index in [0.29, 0.717) is 48.7 Å². The molecule has 2 aliphatic heterocycles. The van der Waals surface area contributed by atoms with E-state index < -0.39 is 80.8 Å². The first-order valence-electron chi connectivity index (χ1n) is 18.8. The lowest BCUT2D eigenvalue weighted by atomic mass is 9.83. The van der Waals surface area contributed by atoms with Gasteiger partial charge in [-0.3, -0.25) is 19.1 Å². The Bertz CT molecular complexity index is 2110. The molecule has 304 valence electrons. The van der Waals surface area contributed by atoms with Crippen molar-refractivity contribution in [3.63, 3.8) is 0 Å². The molecule has 0 radical (unpaired) electrons. The number of anilines is 1. The third-order valence-electron chi connectivity index (χ3n) is 11.2. The van der Waals surface area contributed by atoms with Crippen LogP contribution in [0.4, 0.5) is 14.8 Å². The lowest BCUT2D eigenvalue weighted by Crippen LogP contribution is -2.59. The molecule has 3 fully saturated rings. The molecular weight excluding hydrogens is 755 g/mol. The van der Waals surface area contributed by atoms with Crippen LogP contribution in [0.3, 0.4) is 0 Å². The minimum Gasteiger partial charge on any atom is -0.496 e. The molecule has 3 aromatic rings. The van der Waals surface area contributed by atoms with Crippen LogP contribution < -0.4 is 20.1 Å². The number of nitrogens with zero attached hydrogens (tertiary/aromatic N) is 7. The van der Waals surface area contributed by atoms with Gasteiger partial charge in [-0.15, -0.1) is 15.3 Å². The number of amides is 3. The Morgan fingerprint density at radius 2 is 1.89 bits per heavy atom. The maximum Gasteiger partial charge on any atom is 0.316 e. The third-order valence-corrected chi connectivity index (χ3v) is 13.0. The van der Waals surface area contributed by atoms with E-state index in [1.54, 1.807) is 7.11 Å². The Balaban J connectivity index is 1.25. The summed E-state index contributed by atoms with van der Waals surface area (Å²) in [5.74, 6) is -2.93. The normalized spacial score (nSPS) is 26.7. The maximum atomic E-state index is 14.7. The van der Waals surface area contributed by atoms with Gasteiger partial charge in [-0.1, -0.05) is 39.7 Å². The van der Waals surface area contributed by atoms with Crippen molar-refractivity contribution in [3.8, 4) is 17.1 Å². The number of methoxy groups -OCH3 is 1. The zero-order chi connectivity index (χ0) is 40.4. The molecule has 1 saturated heterocycles. The van der Waals surface area contributed by atoms with Crippen LogP contribution in [0.1, 0.15) is 90.6 Å². The second-order valence-corrected chi connectivity index (χ2v) is 19.2. The fourth-order valence-corrected chi connectivity index (χ4v) is 9.06. The van der Waals surface area contributed by atoms with E-state index in [2.05, 4.69) is 50.1 Å². The molecule has 7 rings (SSSR count). The van der Waals surface area contributed by atoms with Crippen molar-refractivity contribution in [1.82, 2.24) is 45.3 Å². The number of alkyl halides is 2. The van der Waals surface area contributed by atoms with E-state index in [-0.39, 0.29) is 24.4 Å². The largest absolute Gasteiger partial charge is 0.496 e. The Morgan fingerprint density at radius 1 is 1.14 bits per heavy atom. The molecule has 0 unspecified atom stereocenters. The first kappa shape index (κ1) is 39.5. The zero-order valence-electron chi connectivity index (χ0n) is 32.2. The van der Waals surface area contributed by atoms with Crippen LogP contribution in [-0.2, 0) is 37.2 Å². The molecule has 3 N–H and O–H groups in total. The summed E-state index contributed by atoms with van der Waals surface area (Å²) >= 11 is 0. The number of nitrogens with one attached hydrogen (secondary N) is 3. The molecule has 8 bridgehead atoms. The van der Waals surface area contributed by atoms with Crippen molar-refractivity contribution >= 4 is 33.8 Å². The molecule has 5 atom stereocenters. The van der Waals surface area contributed by atoms with Gasteiger partial charge in [-0.25, -0.2) is 17.2 Å². The molecular formula is C36H48F2N10O7S. The number of hydrogen-bond acceptors (Lipinski definition) is 13. The van der Waals surface area contributed by atoms with E-state index in [1.165, 1.54) is 9.70 Å². The smallest absolute Gasteiger partial charge is 0.316 e. The number of carbonyl (C=O) groups is 3. The van der Waals surface area contributed by atoms with Crippen molar-refractivity contribution in [2.75, 3.05) is 19.0 Å². The van der Waals surface area contributed by atoms with Crippen LogP contribution in [0, 0.1) is 16.7 Å². The molecule has 20 heteroatoms. The number of carbonyl (C=O) groups excluding carboxylic acids is 3. The second-order valence-electron chi connectivity index (χ2n) is 17.3. The van der Waals surface area contributed by atoms with Crippen molar-refractivity contribution in [2.24, 2.45) is 16.7 Å². The standard InChI is InChI=1S/C36H48F2N10O7S/c1-34(2,3)27-31(50)47-18-21(15-24(47)30(49)40-36(16-23(36)28(37)38)32(51)45-56(52,53)22-10-11-22)48-44-29(42-46-48)20-9-12-25(54-6)19(14-20)8-7-13-35(4,5)17-26-41-43-33(39-27)55-26/h9,12,14,21-24,27-28H,7-8,10-11,13,15-18H2,1-6H3,(H,39,43)(H,40,49)(H,45,51)/t21-,23+,24+,27-,36-/m1/s1. The molecule has 2 aromatic heterocycles. The van der Waals surface area contributed by atoms with Gasteiger partial charge in [-0.05, 0) is 78.3 Å². The van der Waals surface area contributed by atoms with Gasteiger partial charge < -0.3 is 24.7 Å². The Hall–Kier alpha value is -4.75. The first-order chi connectivity index (χ1) is 26.3. The van der Waals surface area contributed by atoms with Crippen LogP contribution in [0.2, 0.25) is 0 Å².